The van der Waals surface area contributed by atoms with Gasteiger partial charge in [-0.25, -0.2) is 0 Å². The van der Waals surface area contributed by atoms with E-state index in [0.29, 0.717) is 19.5 Å². The van der Waals surface area contributed by atoms with E-state index in [1.807, 2.05) is 0 Å². The monoisotopic (exact) mass is 244 g/mol. The van der Waals surface area contributed by atoms with Crippen LogP contribution in [-0.2, 0) is 4.79 Å². The first-order valence-corrected chi connectivity index (χ1v) is 6.42. The zero-order valence-electron chi connectivity index (χ0n) is 10.6. The molecule has 5 nitrogen and oxygen atoms in total. The highest BCUT2D eigenvalue weighted by molar-refractivity contribution is 5.76. The average molecular weight is 244 g/mol. The third-order valence-corrected chi connectivity index (χ3v) is 3.33. The lowest BCUT2D eigenvalue weighted by Crippen LogP contribution is -2.40. The molecule has 1 saturated heterocycles. The fourth-order valence-electron chi connectivity index (χ4n) is 2.30. The van der Waals surface area contributed by atoms with Gasteiger partial charge in [0.2, 0.25) is 5.91 Å². The molecule has 5 heteroatoms. The molecule has 1 unspecified atom stereocenters. The summed E-state index contributed by atoms with van der Waals surface area (Å²) in [5, 5.41) is 17.7. The summed E-state index contributed by atoms with van der Waals surface area (Å²) >= 11 is 0. The normalized spacial score (nSPS) is 18.3. The molecule has 1 aliphatic rings. The van der Waals surface area contributed by atoms with E-state index in [0.717, 1.165) is 13.1 Å². The topological polar surface area (TPSA) is 64.0 Å². The van der Waals surface area contributed by atoms with Crippen LogP contribution in [0.1, 0.15) is 26.2 Å². The van der Waals surface area contributed by atoms with Crippen LogP contribution in [0.25, 0.3) is 0 Å². The van der Waals surface area contributed by atoms with Crippen molar-refractivity contribution in [2.75, 3.05) is 39.4 Å². The number of hydrogen-bond donors (Lipinski definition) is 2. The second-order valence-electron chi connectivity index (χ2n) is 4.62. The van der Waals surface area contributed by atoms with Crippen molar-refractivity contribution in [3.63, 3.8) is 0 Å². The number of carbonyl (C=O) groups is 1. The maximum absolute atomic E-state index is 12.0. The molecule has 0 spiro atoms. The van der Waals surface area contributed by atoms with Gasteiger partial charge in [-0.2, -0.15) is 0 Å². The van der Waals surface area contributed by atoms with Gasteiger partial charge in [0.1, 0.15) is 0 Å². The van der Waals surface area contributed by atoms with Gasteiger partial charge in [-0.1, -0.05) is 0 Å². The maximum atomic E-state index is 12.0. The molecular weight excluding hydrogens is 220 g/mol. The average Bonchev–Trinajstić information content (AvgIpc) is 2.82. The summed E-state index contributed by atoms with van der Waals surface area (Å²) in [6, 6.07) is 0.255. The van der Waals surface area contributed by atoms with Crippen molar-refractivity contribution < 1.29 is 15.0 Å². The van der Waals surface area contributed by atoms with Gasteiger partial charge in [0, 0.05) is 25.6 Å². The van der Waals surface area contributed by atoms with Crippen LogP contribution in [-0.4, -0.2) is 71.4 Å². The molecule has 1 atom stereocenters. The fraction of sp³-hybridized carbons (Fsp3) is 0.917. The van der Waals surface area contributed by atoms with Gasteiger partial charge < -0.3 is 20.0 Å². The Morgan fingerprint density at radius 1 is 1.24 bits per heavy atom. The number of rotatable bonds is 7. The second-order valence-corrected chi connectivity index (χ2v) is 4.62. The molecule has 0 radical (unpaired) electrons. The molecule has 0 saturated carbocycles. The van der Waals surface area contributed by atoms with E-state index < -0.39 is 0 Å². The van der Waals surface area contributed by atoms with Crippen molar-refractivity contribution in [1.82, 2.24) is 9.80 Å². The first-order valence-electron chi connectivity index (χ1n) is 6.42. The van der Waals surface area contributed by atoms with Crippen LogP contribution in [0.2, 0.25) is 0 Å². The fourth-order valence-corrected chi connectivity index (χ4v) is 2.30. The molecule has 100 valence electrons. The van der Waals surface area contributed by atoms with Crippen LogP contribution in [0.15, 0.2) is 0 Å². The summed E-state index contributed by atoms with van der Waals surface area (Å²) in [5.74, 6) is 0.0208. The SMILES string of the molecule is CC(CC(=O)N(CCO)CCO)N1CCCC1. The van der Waals surface area contributed by atoms with Crippen molar-refractivity contribution in [2.24, 2.45) is 0 Å². The Morgan fingerprint density at radius 3 is 2.24 bits per heavy atom. The van der Waals surface area contributed by atoms with Crippen LogP contribution in [0.3, 0.4) is 0 Å². The van der Waals surface area contributed by atoms with E-state index in [2.05, 4.69) is 11.8 Å². The van der Waals surface area contributed by atoms with Gasteiger partial charge in [0.25, 0.3) is 0 Å². The lowest BCUT2D eigenvalue weighted by molar-refractivity contribution is -0.133. The van der Waals surface area contributed by atoms with E-state index in [1.54, 1.807) is 0 Å². The van der Waals surface area contributed by atoms with E-state index >= 15 is 0 Å². The maximum Gasteiger partial charge on any atom is 0.224 e. The van der Waals surface area contributed by atoms with Crippen molar-refractivity contribution in [3.05, 3.63) is 0 Å². The van der Waals surface area contributed by atoms with Gasteiger partial charge in [-0.05, 0) is 32.9 Å². The Kier molecular flexibility index (Phi) is 6.47. The summed E-state index contributed by atoms with van der Waals surface area (Å²) in [6.07, 6.45) is 2.91. The highest BCUT2D eigenvalue weighted by Crippen LogP contribution is 2.14. The Hall–Kier alpha value is -0.650. The number of hydrogen-bond acceptors (Lipinski definition) is 4. The number of amides is 1. The third-order valence-electron chi connectivity index (χ3n) is 3.33. The number of nitrogens with zero attached hydrogens (tertiary/aromatic N) is 2. The van der Waals surface area contributed by atoms with Crippen LogP contribution in [0.4, 0.5) is 0 Å². The Labute approximate surface area is 103 Å². The van der Waals surface area contributed by atoms with E-state index in [4.69, 9.17) is 10.2 Å². The molecule has 2 N–H and O–H groups in total. The van der Waals surface area contributed by atoms with Gasteiger partial charge in [0.15, 0.2) is 0 Å². The smallest absolute Gasteiger partial charge is 0.224 e. The quantitative estimate of drug-likeness (QED) is 0.644. The van der Waals surface area contributed by atoms with Crippen LogP contribution in [0, 0.1) is 0 Å². The molecule has 0 aromatic rings. The van der Waals surface area contributed by atoms with Crippen LogP contribution < -0.4 is 0 Å². The minimum Gasteiger partial charge on any atom is -0.395 e. The minimum absolute atomic E-state index is 0.0208. The molecule has 1 fully saturated rings. The summed E-state index contributed by atoms with van der Waals surface area (Å²) in [5.41, 5.74) is 0. The predicted octanol–water partition coefficient (Wildman–Crippen LogP) is -0.326. The van der Waals surface area contributed by atoms with Crippen molar-refractivity contribution >= 4 is 5.91 Å². The van der Waals surface area contributed by atoms with Crippen molar-refractivity contribution in [2.45, 2.75) is 32.2 Å². The van der Waals surface area contributed by atoms with E-state index in [9.17, 15) is 4.79 Å². The molecule has 0 aliphatic carbocycles. The number of carbonyl (C=O) groups excluding carboxylic acids is 1. The zero-order chi connectivity index (χ0) is 12.7. The summed E-state index contributed by atoms with van der Waals surface area (Å²) in [4.78, 5) is 15.8. The molecule has 17 heavy (non-hydrogen) atoms. The highest BCUT2D eigenvalue weighted by atomic mass is 16.3. The minimum atomic E-state index is -0.0518. The van der Waals surface area contributed by atoms with Gasteiger partial charge >= 0.3 is 0 Å². The van der Waals surface area contributed by atoms with Crippen molar-refractivity contribution in [1.29, 1.82) is 0 Å². The molecule has 1 rings (SSSR count). The molecule has 0 aromatic carbocycles. The lowest BCUT2D eigenvalue weighted by atomic mass is 10.2. The third kappa shape index (κ3) is 4.61. The Balaban J connectivity index is 2.38. The van der Waals surface area contributed by atoms with E-state index in [1.165, 1.54) is 17.7 Å². The first-order chi connectivity index (χ1) is 8.19. The lowest BCUT2D eigenvalue weighted by Gasteiger charge is -2.27. The van der Waals surface area contributed by atoms with Crippen LogP contribution in [0.5, 0.6) is 0 Å². The number of likely N-dealkylation sites (tertiary alicyclic amines) is 1. The summed E-state index contributed by atoms with van der Waals surface area (Å²) in [7, 11) is 0. The van der Waals surface area contributed by atoms with Gasteiger partial charge in [0.05, 0.1) is 13.2 Å². The second kappa shape index (κ2) is 7.63. The highest BCUT2D eigenvalue weighted by Gasteiger charge is 2.22. The standard InChI is InChI=1S/C12H24N2O3/c1-11(13-4-2-3-5-13)10-12(17)14(6-8-15)7-9-16/h11,15-16H,2-10H2,1H3. The van der Waals surface area contributed by atoms with Gasteiger partial charge in [-0.15, -0.1) is 0 Å². The summed E-state index contributed by atoms with van der Waals surface area (Å²) in [6.45, 7) is 4.74. The molecule has 1 aliphatic heterocycles. The van der Waals surface area contributed by atoms with Gasteiger partial charge in [-0.3, -0.25) is 4.79 Å². The molecule has 0 bridgehead atoms. The molecule has 1 amide bonds. The number of aliphatic hydroxyl groups is 2. The molecule has 1 heterocycles. The molecule has 0 aromatic heterocycles. The molecular formula is C12H24N2O3. The zero-order valence-corrected chi connectivity index (χ0v) is 10.6. The van der Waals surface area contributed by atoms with Crippen LogP contribution >= 0.6 is 0 Å². The summed E-state index contributed by atoms with van der Waals surface area (Å²) < 4.78 is 0. The first kappa shape index (κ1) is 14.4. The number of aliphatic hydroxyl groups excluding tert-OH is 2. The Morgan fingerprint density at radius 2 is 1.76 bits per heavy atom. The van der Waals surface area contributed by atoms with E-state index in [-0.39, 0.29) is 25.2 Å². The Bertz CT molecular complexity index is 224. The van der Waals surface area contributed by atoms with Crippen molar-refractivity contribution in [3.8, 4) is 0 Å². The largest absolute Gasteiger partial charge is 0.395 e. The predicted molar refractivity (Wildman–Crippen MR) is 65.6 cm³/mol.